The van der Waals surface area contributed by atoms with E-state index in [9.17, 15) is 0 Å². The van der Waals surface area contributed by atoms with Crippen molar-refractivity contribution in [3.63, 3.8) is 0 Å². The SMILES string of the molecule is COC(OC)[SiH2]Oc1ccccc1C. The van der Waals surface area contributed by atoms with Crippen LogP contribution in [-0.4, -0.2) is 29.9 Å². The Morgan fingerprint density at radius 3 is 2.36 bits per heavy atom. The number of benzene rings is 1. The third-order valence-electron chi connectivity index (χ3n) is 1.99. The van der Waals surface area contributed by atoms with E-state index in [4.69, 9.17) is 13.9 Å². The average Bonchev–Trinajstić information content (AvgIpc) is 2.22. The van der Waals surface area contributed by atoms with Gasteiger partial charge in [-0.25, -0.2) is 0 Å². The van der Waals surface area contributed by atoms with Crippen LogP contribution in [0.5, 0.6) is 5.75 Å². The molecule has 4 heteroatoms. The summed E-state index contributed by atoms with van der Waals surface area (Å²) in [6.07, 6.45) is 0. The molecule has 0 bridgehead atoms. The first-order valence-corrected chi connectivity index (χ1v) is 5.91. The Bertz CT molecular complexity index is 274. The number of methoxy groups -OCH3 is 2. The molecule has 0 aliphatic heterocycles. The third-order valence-corrected chi connectivity index (χ3v) is 3.41. The van der Waals surface area contributed by atoms with E-state index in [1.165, 1.54) is 0 Å². The second-order valence-corrected chi connectivity index (χ2v) is 4.27. The molecule has 0 N–H and O–H groups in total. The van der Waals surface area contributed by atoms with Crippen LogP contribution in [0.3, 0.4) is 0 Å². The molecule has 1 aromatic rings. The average molecular weight is 212 g/mol. The summed E-state index contributed by atoms with van der Waals surface area (Å²) in [5.74, 6) is 0.757. The quantitative estimate of drug-likeness (QED) is 0.539. The van der Waals surface area contributed by atoms with Gasteiger partial charge in [-0.15, -0.1) is 0 Å². The van der Waals surface area contributed by atoms with Crippen LogP contribution in [0.1, 0.15) is 5.56 Å². The smallest absolute Gasteiger partial charge is 0.278 e. The summed E-state index contributed by atoms with van der Waals surface area (Å²) in [7, 11) is 2.42. The second-order valence-electron chi connectivity index (χ2n) is 2.98. The van der Waals surface area contributed by atoms with Gasteiger partial charge in [-0.1, -0.05) is 18.2 Å². The summed E-state index contributed by atoms with van der Waals surface area (Å²) in [4.78, 5) is 0. The first kappa shape index (κ1) is 11.2. The molecular formula is C10H16O3Si. The lowest BCUT2D eigenvalue weighted by Crippen LogP contribution is -2.26. The maximum Gasteiger partial charge on any atom is 0.278 e. The molecule has 0 fully saturated rings. The Labute approximate surface area is 86.9 Å². The van der Waals surface area contributed by atoms with Crippen molar-refractivity contribution in [3.05, 3.63) is 29.8 Å². The largest absolute Gasteiger partial charge is 0.544 e. The maximum atomic E-state index is 5.67. The molecule has 0 aromatic heterocycles. The Morgan fingerprint density at radius 1 is 1.14 bits per heavy atom. The Morgan fingerprint density at radius 2 is 1.79 bits per heavy atom. The van der Waals surface area contributed by atoms with Gasteiger partial charge in [0, 0.05) is 14.2 Å². The summed E-state index contributed by atoms with van der Waals surface area (Å²) in [5, 5.41) is 0. The van der Waals surface area contributed by atoms with E-state index in [-0.39, 0.29) is 5.91 Å². The highest BCUT2D eigenvalue weighted by molar-refractivity contribution is 6.29. The van der Waals surface area contributed by atoms with Gasteiger partial charge in [0.2, 0.25) is 0 Å². The summed E-state index contributed by atoms with van der Waals surface area (Å²) in [6, 6.07) is 7.95. The number of hydrogen-bond acceptors (Lipinski definition) is 3. The molecule has 0 saturated heterocycles. The van der Waals surface area contributed by atoms with Gasteiger partial charge in [-0.05, 0) is 18.6 Å². The fourth-order valence-corrected chi connectivity index (χ4v) is 2.02. The molecule has 0 spiro atoms. The fourth-order valence-electron chi connectivity index (χ4n) is 1.11. The van der Waals surface area contributed by atoms with Crippen LogP contribution < -0.4 is 4.43 Å². The van der Waals surface area contributed by atoms with Crippen molar-refractivity contribution in [2.24, 2.45) is 0 Å². The van der Waals surface area contributed by atoms with Crippen molar-refractivity contribution in [1.29, 1.82) is 0 Å². The molecule has 0 aliphatic rings. The van der Waals surface area contributed by atoms with Gasteiger partial charge in [0.1, 0.15) is 5.75 Å². The number of rotatable bonds is 5. The molecular weight excluding hydrogens is 196 g/mol. The minimum atomic E-state index is -0.839. The molecule has 0 atom stereocenters. The van der Waals surface area contributed by atoms with Crippen LogP contribution in [0.4, 0.5) is 0 Å². The van der Waals surface area contributed by atoms with Crippen LogP contribution in [-0.2, 0) is 9.47 Å². The molecule has 0 amide bonds. The topological polar surface area (TPSA) is 27.7 Å². The summed E-state index contributed by atoms with van der Waals surface area (Å²) in [5.41, 5.74) is 1.14. The lowest BCUT2D eigenvalue weighted by atomic mass is 10.2. The monoisotopic (exact) mass is 212 g/mol. The van der Waals surface area contributed by atoms with E-state index >= 15 is 0 Å². The van der Waals surface area contributed by atoms with E-state index in [1.807, 2.05) is 31.2 Å². The van der Waals surface area contributed by atoms with Crippen molar-refractivity contribution in [1.82, 2.24) is 0 Å². The van der Waals surface area contributed by atoms with Crippen molar-refractivity contribution >= 4 is 9.76 Å². The lowest BCUT2D eigenvalue weighted by molar-refractivity contribution is -0.0492. The minimum absolute atomic E-state index is 0.172. The van der Waals surface area contributed by atoms with Crippen LogP contribution in [0, 0.1) is 6.92 Å². The number of aryl methyl sites for hydroxylation is 1. The summed E-state index contributed by atoms with van der Waals surface area (Å²) >= 11 is 0. The maximum absolute atomic E-state index is 5.67. The molecule has 14 heavy (non-hydrogen) atoms. The lowest BCUT2D eigenvalue weighted by Gasteiger charge is -2.14. The number of hydrogen-bond donors (Lipinski definition) is 0. The van der Waals surface area contributed by atoms with Gasteiger partial charge in [0.15, 0.2) is 5.91 Å². The standard InChI is InChI=1S/C10H16O3Si/c1-8-6-4-5-7-9(8)13-14-10(11-2)12-3/h4-7,10H,14H2,1-3H3. The molecule has 1 aromatic carbocycles. The molecule has 78 valence electrons. The zero-order valence-electron chi connectivity index (χ0n) is 8.82. The van der Waals surface area contributed by atoms with E-state index in [0.29, 0.717) is 0 Å². The molecule has 0 aliphatic carbocycles. The van der Waals surface area contributed by atoms with Gasteiger partial charge in [0.25, 0.3) is 9.76 Å². The highest BCUT2D eigenvalue weighted by atomic mass is 28.2. The highest BCUT2D eigenvalue weighted by Crippen LogP contribution is 2.15. The van der Waals surface area contributed by atoms with Crippen LogP contribution >= 0.6 is 0 Å². The molecule has 0 heterocycles. The van der Waals surface area contributed by atoms with Crippen molar-refractivity contribution < 1.29 is 13.9 Å². The number of para-hydroxylation sites is 1. The highest BCUT2D eigenvalue weighted by Gasteiger charge is 2.08. The van der Waals surface area contributed by atoms with Gasteiger partial charge in [0.05, 0.1) is 0 Å². The van der Waals surface area contributed by atoms with Crippen LogP contribution in [0.2, 0.25) is 0 Å². The first-order valence-electron chi connectivity index (χ1n) is 4.52. The predicted octanol–water partition coefficient (Wildman–Crippen LogP) is 1.03. The van der Waals surface area contributed by atoms with Gasteiger partial charge < -0.3 is 13.9 Å². The second kappa shape index (κ2) is 5.80. The summed E-state index contributed by atoms with van der Waals surface area (Å²) in [6.45, 7) is 2.03. The Balaban J connectivity index is 2.49. The zero-order chi connectivity index (χ0) is 10.4. The normalized spacial score (nSPS) is 11.4. The van der Waals surface area contributed by atoms with E-state index in [2.05, 4.69) is 0 Å². The van der Waals surface area contributed by atoms with Gasteiger partial charge in [-0.2, -0.15) is 0 Å². The Hall–Kier alpha value is -0.843. The van der Waals surface area contributed by atoms with Gasteiger partial charge in [-0.3, -0.25) is 0 Å². The third kappa shape index (κ3) is 3.14. The first-order chi connectivity index (χ1) is 6.77. The van der Waals surface area contributed by atoms with Crippen LogP contribution in [0.25, 0.3) is 0 Å². The molecule has 1 rings (SSSR count). The van der Waals surface area contributed by atoms with Crippen molar-refractivity contribution in [2.75, 3.05) is 14.2 Å². The van der Waals surface area contributed by atoms with Crippen molar-refractivity contribution in [2.45, 2.75) is 12.8 Å². The Kier molecular flexibility index (Phi) is 4.65. The molecule has 0 saturated carbocycles. The molecule has 3 nitrogen and oxygen atoms in total. The van der Waals surface area contributed by atoms with Crippen LogP contribution in [0.15, 0.2) is 24.3 Å². The molecule has 0 radical (unpaired) electrons. The van der Waals surface area contributed by atoms with E-state index in [0.717, 1.165) is 11.3 Å². The van der Waals surface area contributed by atoms with E-state index < -0.39 is 9.76 Å². The minimum Gasteiger partial charge on any atom is -0.544 e. The number of ether oxygens (including phenoxy) is 2. The van der Waals surface area contributed by atoms with E-state index in [1.54, 1.807) is 14.2 Å². The zero-order valence-corrected chi connectivity index (χ0v) is 10.2. The fraction of sp³-hybridized carbons (Fsp3) is 0.400. The summed E-state index contributed by atoms with van der Waals surface area (Å²) < 4.78 is 15.8. The molecule has 0 unspecified atom stereocenters. The predicted molar refractivity (Wildman–Crippen MR) is 58.2 cm³/mol. The van der Waals surface area contributed by atoms with Crippen molar-refractivity contribution in [3.8, 4) is 5.75 Å². The van der Waals surface area contributed by atoms with Gasteiger partial charge >= 0.3 is 0 Å².